The van der Waals surface area contributed by atoms with E-state index in [0.717, 1.165) is 0 Å². The Morgan fingerprint density at radius 2 is 2.09 bits per heavy atom. The van der Waals surface area contributed by atoms with Crippen LogP contribution in [0.25, 0.3) is 0 Å². The zero-order valence-corrected chi connectivity index (χ0v) is 5.77. The lowest BCUT2D eigenvalue weighted by Crippen LogP contribution is -2.23. The molecule has 1 aliphatic carbocycles. The molecule has 1 rings (SSSR count). The number of hydrogen-bond donors (Lipinski definition) is 0. The van der Waals surface area contributed by atoms with Gasteiger partial charge in [-0.1, -0.05) is 12.2 Å². The molecule has 4 heteroatoms. The minimum Gasteiger partial charge on any atom is -0.284 e. The van der Waals surface area contributed by atoms with E-state index in [1.54, 1.807) is 6.08 Å². The predicted octanol–water partition coefficient (Wildman–Crippen LogP) is 2.45. The summed E-state index contributed by atoms with van der Waals surface area (Å²) < 4.78 is 38.5. The van der Waals surface area contributed by atoms with Crippen LogP contribution in [0.1, 0.15) is 12.8 Å². The molecule has 0 spiro atoms. The van der Waals surface area contributed by atoms with Crippen molar-refractivity contribution in [2.24, 2.45) is 0 Å². The third-order valence-corrected chi connectivity index (χ3v) is 1.36. The molecule has 1 unspecified atom stereocenters. The SMILES string of the molecule is FC(F)(F)OC1C=C[CH]CC1. The highest BCUT2D eigenvalue weighted by Gasteiger charge is 2.32. The fourth-order valence-corrected chi connectivity index (χ4v) is 0.925. The molecule has 0 saturated carbocycles. The molecule has 0 bridgehead atoms. The first kappa shape index (κ1) is 8.59. The van der Waals surface area contributed by atoms with Crippen LogP contribution in [0.4, 0.5) is 13.2 Å². The van der Waals surface area contributed by atoms with Crippen LogP contribution in [0.3, 0.4) is 0 Å². The first-order valence-electron chi connectivity index (χ1n) is 3.32. The van der Waals surface area contributed by atoms with E-state index in [1.807, 2.05) is 6.42 Å². The Kier molecular flexibility index (Phi) is 2.54. The summed E-state index contributed by atoms with van der Waals surface area (Å²) in [4.78, 5) is 0. The van der Waals surface area contributed by atoms with Gasteiger partial charge in [-0.25, -0.2) is 0 Å². The van der Waals surface area contributed by atoms with Gasteiger partial charge in [-0.15, -0.1) is 13.2 Å². The molecule has 0 fully saturated rings. The van der Waals surface area contributed by atoms with Crippen LogP contribution in [-0.4, -0.2) is 12.5 Å². The van der Waals surface area contributed by atoms with Crippen LogP contribution >= 0.6 is 0 Å². The van der Waals surface area contributed by atoms with Crippen molar-refractivity contribution in [2.75, 3.05) is 0 Å². The summed E-state index contributed by atoms with van der Waals surface area (Å²) in [6, 6.07) is 0. The molecule has 0 heterocycles. The third-order valence-electron chi connectivity index (χ3n) is 1.36. The highest BCUT2D eigenvalue weighted by atomic mass is 19.4. The number of rotatable bonds is 1. The molecular weight excluding hydrogens is 157 g/mol. The molecule has 0 amide bonds. The summed E-state index contributed by atoms with van der Waals surface area (Å²) in [7, 11) is 0. The molecule has 1 nitrogen and oxygen atoms in total. The van der Waals surface area contributed by atoms with Gasteiger partial charge in [0.05, 0.1) is 6.10 Å². The van der Waals surface area contributed by atoms with E-state index < -0.39 is 12.5 Å². The molecule has 0 saturated heterocycles. The summed E-state index contributed by atoms with van der Waals surface area (Å²) in [5, 5.41) is 0. The van der Waals surface area contributed by atoms with E-state index in [0.29, 0.717) is 12.8 Å². The average molecular weight is 165 g/mol. The van der Waals surface area contributed by atoms with E-state index in [4.69, 9.17) is 0 Å². The molecule has 0 N–H and O–H groups in total. The van der Waals surface area contributed by atoms with Crippen LogP contribution in [0, 0.1) is 6.42 Å². The van der Waals surface area contributed by atoms with Crippen molar-refractivity contribution in [1.29, 1.82) is 0 Å². The minimum absolute atomic E-state index is 0.413. The smallest absolute Gasteiger partial charge is 0.284 e. The topological polar surface area (TPSA) is 9.23 Å². The number of alkyl halides is 3. The van der Waals surface area contributed by atoms with E-state index in [9.17, 15) is 13.2 Å². The Labute approximate surface area is 62.8 Å². The van der Waals surface area contributed by atoms with Crippen LogP contribution < -0.4 is 0 Å². The molecular formula is C7H8F3O. The number of halogens is 3. The summed E-state index contributed by atoms with van der Waals surface area (Å²) in [5.74, 6) is 0. The van der Waals surface area contributed by atoms with Gasteiger partial charge in [-0.2, -0.15) is 0 Å². The number of allylic oxidation sites excluding steroid dienone is 1. The van der Waals surface area contributed by atoms with E-state index >= 15 is 0 Å². The molecule has 11 heavy (non-hydrogen) atoms. The van der Waals surface area contributed by atoms with Gasteiger partial charge >= 0.3 is 6.36 Å². The van der Waals surface area contributed by atoms with Crippen molar-refractivity contribution in [3.63, 3.8) is 0 Å². The van der Waals surface area contributed by atoms with Crippen LogP contribution in [-0.2, 0) is 4.74 Å². The predicted molar refractivity (Wildman–Crippen MR) is 33.6 cm³/mol. The van der Waals surface area contributed by atoms with Crippen LogP contribution in [0.15, 0.2) is 12.2 Å². The molecule has 0 aromatic heterocycles. The van der Waals surface area contributed by atoms with Crippen LogP contribution in [0.2, 0.25) is 0 Å². The van der Waals surface area contributed by atoms with E-state index in [-0.39, 0.29) is 0 Å². The summed E-state index contributed by atoms with van der Waals surface area (Å²) in [6.45, 7) is 0. The van der Waals surface area contributed by atoms with Gasteiger partial charge in [0, 0.05) is 0 Å². The Morgan fingerprint density at radius 1 is 1.36 bits per heavy atom. The second-order valence-corrected chi connectivity index (χ2v) is 2.30. The quantitative estimate of drug-likeness (QED) is 0.579. The highest BCUT2D eigenvalue weighted by molar-refractivity contribution is 5.04. The molecule has 1 aliphatic rings. The minimum atomic E-state index is -4.51. The summed E-state index contributed by atoms with van der Waals surface area (Å²) in [5.41, 5.74) is 0. The van der Waals surface area contributed by atoms with Crippen molar-refractivity contribution in [2.45, 2.75) is 25.3 Å². The van der Waals surface area contributed by atoms with Gasteiger partial charge in [0.25, 0.3) is 0 Å². The van der Waals surface area contributed by atoms with Crippen LogP contribution in [0.5, 0.6) is 0 Å². The van der Waals surface area contributed by atoms with Gasteiger partial charge in [-0.05, 0) is 19.3 Å². The number of hydrogen-bond acceptors (Lipinski definition) is 1. The first-order valence-corrected chi connectivity index (χ1v) is 3.32. The van der Waals surface area contributed by atoms with Gasteiger partial charge in [0.15, 0.2) is 0 Å². The second kappa shape index (κ2) is 3.26. The first-order chi connectivity index (χ1) is 5.08. The lowest BCUT2D eigenvalue weighted by atomic mass is 10.1. The molecule has 1 radical (unpaired) electrons. The average Bonchev–Trinajstić information content (AvgIpc) is 1.85. The normalized spacial score (nSPS) is 25.5. The second-order valence-electron chi connectivity index (χ2n) is 2.30. The maximum atomic E-state index is 11.6. The molecule has 0 aromatic rings. The van der Waals surface area contributed by atoms with Crippen molar-refractivity contribution in [3.05, 3.63) is 18.6 Å². The summed E-state index contributed by atoms with van der Waals surface area (Å²) >= 11 is 0. The van der Waals surface area contributed by atoms with Gasteiger partial charge in [-0.3, -0.25) is 4.74 Å². The number of ether oxygens (including phenoxy) is 1. The zero-order valence-electron chi connectivity index (χ0n) is 5.77. The summed E-state index contributed by atoms with van der Waals surface area (Å²) in [6.07, 6.45) is 0.590. The highest BCUT2D eigenvalue weighted by Crippen LogP contribution is 2.23. The maximum absolute atomic E-state index is 11.6. The van der Waals surface area contributed by atoms with Crippen molar-refractivity contribution < 1.29 is 17.9 Å². The van der Waals surface area contributed by atoms with Gasteiger partial charge < -0.3 is 0 Å². The fraction of sp³-hybridized carbons (Fsp3) is 0.571. The van der Waals surface area contributed by atoms with E-state index in [1.165, 1.54) is 6.08 Å². The Hall–Kier alpha value is -0.510. The van der Waals surface area contributed by atoms with E-state index in [2.05, 4.69) is 4.74 Å². The Morgan fingerprint density at radius 3 is 2.55 bits per heavy atom. The van der Waals surface area contributed by atoms with Gasteiger partial charge in [0.2, 0.25) is 0 Å². The van der Waals surface area contributed by atoms with Crippen molar-refractivity contribution in [3.8, 4) is 0 Å². The lowest BCUT2D eigenvalue weighted by molar-refractivity contribution is -0.337. The van der Waals surface area contributed by atoms with Crippen molar-refractivity contribution >= 4 is 0 Å². The largest absolute Gasteiger partial charge is 0.523 e. The third kappa shape index (κ3) is 3.41. The Bertz CT molecular complexity index is 150. The molecule has 1 atom stereocenters. The molecule has 63 valence electrons. The Balaban J connectivity index is 2.36. The lowest BCUT2D eigenvalue weighted by Gasteiger charge is -2.17. The maximum Gasteiger partial charge on any atom is 0.523 e. The van der Waals surface area contributed by atoms with Crippen molar-refractivity contribution in [1.82, 2.24) is 0 Å². The molecule has 0 aliphatic heterocycles. The van der Waals surface area contributed by atoms with Gasteiger partial charge in [0.1, 0.15) is 0 Å². The standard InChI is InChI=1S/C7H8F3O/c8-7(9,10)11-6-4-2-1-3-5-6/h1-2,4,6H,3,5H2. The fourth-order valence-electron chi connectivity index (χ4n) is 0.925. The monoisotopic (exact) mass is 165 g/mol. The molecule has 0 aromatic carbocycles. The zero-order chi connectivity index (χ0) is 8.32.